The van der Waals surface area contributed by atoms with Crippen molar-refractivity contribution in [1.29, 1.82) is 0 Å². The molecule has 1 N–H and O–H groups in total. The van der Waals surface area contributed by atoms with E-state index in [4.69, 9.17) is 11.6 Å². The van der Waals surface area contributed by atoms with E-state index in [2.05, 4.69) is 10.2 Å². The van der Waals surface area contributed by atoms with Crippen LogP contribution in [0.2, 0.25) is 5.02 Å². The number of hydrogen-bond donors (Lipinski definition) is 1. The number of hydrogen-bond acceptors (Lipinski definition) is 3. The molecule has 0 unspecified atom stereocenters. The average Bonchev–Trinajstić information content (AvgIpc) is 2.31. The van der Waals surface area contributed by atoms with Crippen molar-refractivity contribution in [2.45, 2.75) is 6.92 Å². The second-order valence-corrected chi connectivity index (χ2v) is 4.09. The first-order valence-corrected chi connectivity index (χ1v) is 5.50. The summed E-state index contributed by atoms with van der Waals surface area (Å²) < 4.78 is 0. The minimum atomic E-state index is 0.256. The summed E-state index contributed by atoms with van der Waals surface area (Å²) in [5.41, 5.74) is 2.16. The maximum absolute atomic E-state index is 9.38. The van der Waals surface area contributed by atoms with Gasteiger partial charge in [-0.15, -0.1) is 0 Å². The number of benzene rings is 2. The fourth-order valence-corrected chi connectivity index (χ4v) is 1.54. The lowest BCUT2D eigenvalue weighted by Crippen LogP contribution is -1.72. The SMILES string of the molecule is Cc1cc(N=Nc2cccc(Cl)c2)ccc1O. The molecule has 0 amide bonds. The smallest absolute Gasteiger partial charge is 0.118 e. The van der Waals surface area contributed by atoms with Gasteiger partial charge < -0.3 is 5.11 Å². The zero-order valence-corrected chi connectivity index (χ0v) is 10.0. The topological polar surface area (TPSA) is 45.0 Å². The van der Waals surface area contributed by atoms with Crippen LogP contribution in [0.25, 0.3) is 0 Å². The molecule has 17 heavy (non-hydrogen) atoms. The van der Waals surface area contributed by atoms with Gasteiger partial charge in [0.15, 0.2) is 0 Å². The van der Waals surface area contributed by atoms with Gasteiger partial charge >= 0.3 is 0 Å². The second kappa shape index (κ2) is 4.97. The molecular weight excluding hydrogens is 236 g/mol. The number of halogens is 1. The van der Waals surface area contributed by atoms with Gasteiger partial charge in [0.25, 0.3) is 0 Å². The summed E-state index contributed by atoms with van der Waals surface area (Å²) in [6, 6.07) is 12.2. The van der Waals surface area contributed by atoms with Crippen molar-refractivity contribution in [3.63, 3.8) is 0 Å². The molecular formula is C13H11ClN2O. The Morgan fingerprint density at radius 3 is 2.35 bits per heavy atom. The predicted octanol–water partition coefficient (Wildman–Crippen LogP) is 4.77. The van der Waals surface area contributed by atoms with Crippen LogP contribution in [0.1, 0.15) is 5.56 Å². The number of phenolic OH excluding ortho intramolecular Hbond substituents is 1. The number of nitrogens with zero attached hydrogens (tertiary/aromatic N) is 2. The molecule has 4 heteroatoms. The molecule has 86 valence electrons. The quantitative estimate of drug-likeness (QED) is 0.762. The van der Waals surface area contributed by atoms with Crippen LogP contribution in [-0.2, 0) is 0 Å². The molecule has 0 saturated carbocycles. The second-order valence-electron chi connectivity index (χ2n) is 3.65. The summed E-state index contributed by atoms with van der Waals surface area (Å²) >= 11 is 5.84. The first kappa shape index (κ1) is 11.6. The van der Waals surface area contributed by atoms with Crippen LogP contribution in [-0.4, -0.2) is 5.11 Å². The van der Waals surface area contributed by atoms with Crippen molar-refractivity contribution < 1.29 is 5.11 Å². The number of aromatic hydroxyl groups is 1. The zero-order chi connectivity index (χ0) is 12.3. The molecule has 0 fully saturated rings. The molecule has 0 atom stereocenters. The Balaban J connectivity index is 2.23. The third kappa shape index (κ3) is 3.04. The van der Waals surface area contributed by atoms with Crippen LogP contribution in [0.4, 0.5) is 11.4 Å². The van der Waals surface area contributed by atoms with Crippen molar-refractivity contribution in [2.24, 2.45) is 10.2 Å². The lowest BCUT2D eigenvalue weighted by atomic mass is 10.2. The van der Waals surface area contributed by atoms with Crippen LogP contribution in [0.3, 0.4) is 0 Å². The molecule has 0 heterocycles. The van der Waals surface area contributed by atoms with E-state index in [1.54, 1.807) is 30.3 Å². The van der Waals surface area contributed by atoms with E-state index >= 15 is 0 Å². The molecule has 0 aliphatic heterocycles. The summed E-state index contributed by atoms with van der Waals surface area (Å²) in [6.07, 6.45) is 0. The highest BCUT2D eigenvalue weighted by atomic mass is 35.5. The fraction of sp³-hybridized carbons (Fsp3) is 0.0769. The van der Waals surface area contributed by atoms with Crippen LogP contribution < -0.4 is 0 Å². The summed E-state index contributed by atoms with van der Waals surface area (Å²) in [4.78, 5) is 0. The van der Waals surface area contributed by atoms with Gasteiger partial charge in [0.1, 0.15) is 5.75 Å². The summed E-state index contributed by atoms with van der Waals surface area (Å²) in [5, 5.41) is 18.1. The maximum Gasteiger partial charge on any atom is 0.118 e. The van der Waals surface area contributed by atoms with Gasteiger partial charge in [0.05, 0.1) is 11.4 Å². The van der Waals surface area contributed by atoms with E-state index in [0.717, 1.165) is 5.56 Å². The molecule has 0 spiro atoms. The Bertz CT molecular complexity index is 567. The molecule has 2 aromatic carbocycles. The Labute approximate surface area is 104 Å². The van der Waals surface area contributed by atoms with Crippen molar-refractivity contribution >= 4 is 23.0 Å². The zero-order valence-electron chi connectivity index (χ0n) is 9.26. The lowest BCUT2D eigenvalue weighted by Gasteiger charge is -1.98. The van der Waals surface area contributed by atoms with Crippen LogP contribution >= 0.6 is 11.6 Å². The number of azo groups is 1. The predicted molar refractivity (Wildman–Crippen MR) is 68.5 cm³/mol. The molecule has 0 aromatic heterocycles. The summed E-state index contributed by atoms with van der Waals surface area (Å²) in [6.45, 7) is 1.81. The molecule has 2 aromatic rings. The molecule has 0 aliphatic carbocycles. The van der Waals surface area contributed by atoms with Gasteiger partial charge in [-0.2, -0.15) is 10.2 Å². The van der Waals surface area contributed by atoms with Gasteiger partial charge in [-0.3, -0.25) is 0 Å². The van der Waals surface area contributed by atoms with Gasteiger partial charge in [-0.05, 0) is 48.9 Å². The standard InChI is InChI=1S/C13H11ClN2O/c1-9-7-12(5-6-13(9)17)16-15-11-4-2-3-10(14)8-11/h2-8,17H,1H3. The van der Waals surface area contributed by atoms with E-state index in [-0.39, 0.29) is 5.75 Å². The molecule has 0 aliphatic rings. The molecule has 0 radical (unpaired) electrons. The fourth-order valence-electron chi connectivity index (χ4n) is 1.36. The average molecular weight is 247 g/mol. The highest BCUT2D eigenvalue weighted by Gasteiger charge is 1.97. The summed E-state index contributed by atoms with van der Waals surface area (Å²) in [7, 11) is 0. The monoisotopic (exact) mass is 246 g/mol. The minimum Gasteiger partial charge on any atom is -0.508 e. The van der Waals surface area contributed by atoms with E-state index in [0.29, 0.717) is 16.4 Å². The van der Waals surface area contributed by atoms with Crippen molar-refractivity contribution in [2.75, 3.05) is 0 Å². The van der Waals surface area contributed by atoms with E-state index in [9.17, 15) is 5.11 Å². The Morgan fingerprint density at radius 1 is 1.00 bits per heavy atom. The Morgan fingerprint density at radius 2 is 1.71 bits per heavy atom. The van der Waals surface area contributed by atoms with E-state index in [1.807, 2.05) is 19.1 Å². The number of rotatable bonds is 2. The Hall–Kier alpha value is -1.87. The molecule has 3 nitrogen and oxygen atoms in total. The third-order valence-electron chi connectivity index (χ3n) is 2.27. The normalized spacial score (nSPS) is 10.9. The van der Waals surface area contributed by atoms with Gasteiger partial charge in [-0.25, -0.2) is 0 Å². The number of aryl methyl sites for hydroxylation is 1. The van der Waals surface area contributed by atoms with Crippen molar-refractivity contribution in [3.05, 3.63) is 53.1 Å². The van der Waals surface area contributed by atoms with E-state index < -0.39 is 0 Å². The van der Waals surface area contributed by atoms with Crippen molar-refractivity contribution in [3.8, 4) is 5.75 Å². The van der Waals surface area contributed by atoms with Gasteiger partial charge in [0.2, 0.25) is 0 Å². The lowest BCUT2D eigenvalue weighted by molar-refractivity contribution is 0.471. The largest absolute Gasteiger partial charge is 0.508 e. The van der Waals surface area contributed by atoms with Crippen LogP contribution in [0, 0.1) is 6.92 Å². The molecule has 0 bridgehead atoms. The molecule has 2 rings (SSSR count). The first-order chi connectivity index (χ1) is 8.15. The van der Waals surface area contributed by atoms with Gasteiger partial charge in [-0.1, -0.05) is 17.7 Å². The third-order valence-corrected chi connectivity index (χ3v) is 2.50. The van der Waals surface area contributed by atoms with Gasteiger partial charge in [0, 0.05) is 5.02 Å². The Kier molecular flexibility index (Phi) is 3.40. The molecule has 0 saturated heterocycles. The maximum atomic E-state index is 9.38. The van der Waals surface area contributed by atoms with Crippen molar-refractivity contribution in [1.82, 2.24) is 0 Å². The minimum absolute atomic E-state index is 0.256. The van der Waals surface area contributed by atoms with Crippen LogP contribution in [0.15, 0.2) is 52.7 Å². The summed E-state index contributed by atoms with van der Waals surface area (Å²) in [5.74, 6) is 0.256. The number of phenols is 1. The van der Waals surface area contributed by atoms with Crippen LogP contribution in [0.5, 0.6) is 5.75 Å². The highest BCUT2D eigenvalue weighted by molar-refractivity contribution is 6.30. The highest BCUT2D eigenvalue weighted by Crippen LogP contribution is 2.25. The van der Waals surface area contributed by atoms with E-state index in [1.165, 1.54) is 0 Å². The first-order valence-electron chi connectivity index (χ1n) is 5.12.